The van der Waals surface area contributed by atoms with E-state index in [1.807, 2.05) is 20.8 Å². The predicted molar refractivity (Wildman–Crippen MR) is 75.3 cm³/mol. The second-order valence-electron chi connectivity index (χ2n) is 5.63. The van der Waals surface area contributed by atoms with Gasteiger partial charge in [0, 0.05) is 13.6 Å². The van der Waals surface area contributed by atoms with Gasteiger partial charge in [-0.05, 0) is 11.5 Å². The second-order valence-corrected chi connectivity index (χ2v) is 5.63. The van der Waals surface area contributed by atoms with Crippen molar-refractivity contribution in [3.8, 4) is 0 Å². The number of hydrogen-bond acceptors (Lipinski definition) is 2. The van der Waals surface area contributed by atoms with Crippen LogP contribution in [0, 0.1) is 5.41 Å². The van der Waals surface area contributed by atoms with Crippen molar-refractivity contribution < 1.29 is 9.13 Å². The average Bonchev–Trinajstić information content (AvgIpc) is 2.51. The summed E-state index contributed by atoms with van der Waals surface area (Å²) in [6.45, 7) is 10.2. The van der Waals surface area contributed by atoms with Crippen LogP contribution in [0.4, 0.5) is 4.39 Å². The van der Waals surface area contributed by atoms with Gasteiger partial charge in [-0.2, -0.15) is 0 Å². The molecule has 0 saturated heterocycles. The summed E-state index contributed by atoms with van der Waals surface area (Å²) in [5, 5.41) is 0. The quantitative estimate of drug-likeness (QED) is 0.787. The molecule has 0 aliphatic rings. The smallest absolute Gasteiger partial charge is 0.328 e. The molecule has 4 nitrogen and oxygen atoms in total. The Hall–Kier alpha value is -1.78. The highest BCUT2D eigenvalue weighted by atomic mass is 19.1. The fraction of sp³-hybridized carbons (Fsp3) is 0.500. The van der Waals surface area contributed by atoms with Crippen molar-refractivity contribution in [1.82, 2.24) is 9.13 Å². The van der Waals surface area contributed by atoms with Crippen molar-refractivity contribution in [3.63, 3.8) is 0 Å². The Kier molecular flexibility index (Phi) is 4.39. The molecule has 0 fully saturated rings. The molecule has 1 rings (SSSR count). The van der Waals surface area contributed by atoms with E-state index in [0.29, 0.717) is 12.2 Å². The van der Waals surface area contributed by atoms with Crippen molar-refractivity contribution in [2.24, 2.45) is 12.5 Å². The zero-order valence-corrected chi connectivity index (χ0v) is 12.2. The average molecular weight is 268 g/mol. The minimum absolute atomic E-state index is 0.0956. The highest BCUT2D eigenvalue weighted by Gasteiger charge is 2.22. The van der Waals surface area contributed by atoms with Crippen LogP contribution in [0.25, 0.3) is 11.9 Å². The number of imidazole rings is 1. The Morgan fingerprint density at radius 1 is 1.47 bits per heavy atom. The maximum absolute atomic E-state index is 14.0. The molecule has 0 N–H and O–H groups in total. The second kappa shape index (κ2) is 5.47. The maximum Gasteiger partial charge on any atom is 0.328 e. The van der Waals surface area contributed by atoms with E-state index in [-0.39, 0.29) is 16.8 Å². The monoisotopic (exact) mass is 268 g/mol. The van der Waals surface area contributed by atoms with Crippen LogP contribution in [0.5, 0.6) is 0 Å². The molecule has 0 unspecified atom stereocenters. The lowest BCUT2D eigenvalue weighted by molar-refractivity contribution is 0.334. The van der Waals surface area contributed by atoms with E-state index in [0.717, 1.165) is 6.26 Å². The number of hydrogen-bond donors (Lipinski definition) is 0. The van der Waals surface area contributed by atoms with Crippen molar-refractivity contribution >= 4 is 11.9 Å². The first-order chi connectivity index (χ1) is 8.72. The first-order valence-electron chi connectivity index (χ1n) is 6.03. The molecular weight excluding hydrogens is 247 g/mol. The normalized spacial score (nSPS) is 12.6. The number of ether oxygens (including phenoxy) is 1. The van der Waals surface area contributed by atoms with Crippen LogP contribution in [0.3, 0.4) is 0 Å². The van der Waals surface area contributed by atoms with Crippen LogP contribution in [-0.2, 0) is 18.3 Å². The van der Waals surface area contributed by atoms with Gasteiger partial charge >= 0.3 is 5.69 Å². The van der Waals surface area contributed by atoms with Crippen LogP contribution in [0.2, 0.25) is 0 Å². The van der Waals surface area contributed by atoms with Gasteiger partial charge in [0.25, 0.3) is 0 Å². The molecule has 0 bridgehead atoms. The van der Waals surface area contributed by atoms with Crippen LogP contribution in [-0.4, -0.2) is 16.2 Å². The molecule has 1 aromatic rings. The first-order valence-corrected chi connectivity index (χ1v) is 6.03. The summed E-state index contributed by atoms with van der Waals surface area (Å²) in [5.41, 5.74) is 0.292. The third kappa shape index (κ3) is 3.16. The molecule has 1 heterocycles. The third-order valence-electron chi connectivity index (χ3n) is 2.66. The molecule has 106 valence electrons. The van der Waals surface area contributed by atoms with Gasteiger partial charge in [0.1, 0.15) is 12.0 Å². The lowest BCUT2D eigenvalue weighted by Crippen LogP contribution is -2.28. The van der Waals surface area contributed by atoms with E-state index in [4.69, 9.17) is 0 Å². The summed E-state index contributed by atoms with van der Waals surface area (Å²) < 4.78 is 21.5. The van der Waals surface area contributed by atoms with E-state index >= 15 is 0 Å². The molecule has 0 aromatic carbocycles. The lowest BCUT2D eigenvalue weighted by Gasteiger charge is -2.19. The fourth-order valence-corrected chi connectivity index (χ4v) is 1.96. The van der Waals surface area contributed by atoms with Gasteiger partial charge in [0.05, 0.1) is 12.8 Å². The van der Waals surface area contributed by atoms with Crippen LogP contribution in [0.15, 0.2) is 17.6 Å². The molecule has 19 heavy (non-hydrogen) atoms. The van der Waals surface area contributed by atoms with Crippen LogP contribution in [0.1, 0.15) is 32.2 Å². The van der Waals surface area contributed by atoms with Crippen molar-refractivity contribution in [3.05, 3.63) is 34.7 Å². The highest BCUT2D eigenvalue weighted by molar-refractivity contribution is 5.65. The predicted octanol–water partition coefficient (Wildman–Crippen LogP) is 2.79. The third-order valence-corrected chi connectivity index (χ3v) is 2.66. The first kappa shape index (κ1) is 15.3. The van der Waals surface area contributed by atoms with Crippen molar-refractivity contribution in [1.29, 1.82) is 0 Å². The largest absolute Gasteiger partial charge is 0.501 e. The Bertz CT molecular complexity index is 559. The van der Waals surface area contributed by atoms with E-state index in [1.165, 1.54) is 29.4 Å². The Morgan fingerprint density at radius 3 is 2.47 bits per heavy atom. The van der Waals surface area contributed by atoms with E-state index in [2.05, 4.69) is 11.3 Å². The number of halogens is 1. The van der Waals surface area contributed by atoms with E-state index in [9.17, 15) is 9.18 Å². The molecule has 0 amide bonds. The van der Waals surface area contributed by atoms with Gasteiger partial charge in [-0.3, -0.25) is 9.13 Å². The van der Waals surface area contributed by atoms with Crippen molar-refractivity contribution in [2.75, 3.05) is 7.11 Å². The summed E-state index contributed by atoms with van der Waals surface area (Å²) in [6.07, 6.45) is 2.47. The molecule has 0 saturated carbocycles. The molecular formula is C14H21FN2O2. The van der Waals surface area contributed by atoms with Gasteiger partial charge in [0.2, 0.25) is 0 Å². The molecule has 0 aliphatic carbocycles. The Morgan fingerprint density at radius 2 is 2.05 bits per heavy atom. The van der Waals surface area contributed by atoms with Gasteiger partial charge in [-0.25, -0.2) is 9.18 Å². The number of methoxy groups -OCH3 is 1. The van der Waals surface area contributed by atoms with Crippen LogP contribution >= 0.6 is 0 Å². The summed E-state index contributed by atoms with van der Waals surface area (Å²) in [4.78, 5) is 12.2. The standard InChI is InChI=1S/C14H21FN2O2/c1-7-11-12(10(15)8-19-6)16(5)13(18)17(11)9-14(2,3)4/h7-8H,1,9H2,2-6H3/b10-8-. The minimum atomic E-state index is -0.593. The molecule has 0 spiro atoms. The lowest BCUT2D eigenvalue weighted by atomic mass is 9.97. The fourth-order valence-electron chi connectivity index (χ4n) is 1.96. The molecule has 0 atom stereocenters. The zero-order chi connectivity index (χ0) is 14.8. The maximum atomic E-state index is 14.0. The van der Waals surface area contributed by atoms with Crippen LogP contribution < -0.4 is 5.69 Å². The summed E-state index contributed by atoms with van der Waals surface area (Å²) in [6, 6.07) is 0. The molecule has 0 aliphatic heterocycles. The van der Waals surface area contributed by atoms with Gasteiger partial charge in [-0.1, -0.05) is 27.4 Å². The summed E-state index contributed by atoms with van der Waals surface area (Å²) >= 11 is 0. The number of nitrogens with zero attached hydrogens (tertiary/aromatic N) is 2. The minimum Gasteiger partial charge on any atom is -0.501 e. The molecule has 0 radical (unpaired) electrons. The van der Waals surface area contributed by atoms with Gasteiger partial charge < -0.3 is 4.74 Å². The SMILES string of the molecule is C=Cc1c(/C(F)=C/OC)n(C)c(=O)n1CC(C)(C)C. The van der Waals surface area contributed by atoms with E-state index in [1.54, 1.807) is 0 Å². The summed E-state index contributed by atoms with van der Waals surface area (Å²) in [5.74, 6) is -0.593. The summed E-state index contributed by atoms with van der Waals surface area (Å²) in [7, 11) is 2.89. The number of rotatable bonds is 4. The Labute approximate surface area is 112 Å². The molecule has 5 heteroatoms. The topological polar surface area (TPSA) is 36.2 Å². The Balaban J connectivity index is 3.52. The van der Waals surface area contributed by atoms with Gasteiger partial charge in [0.15, 0.2) is 5.83 Å². The number of aromatic nitrogens is 2. The van der Waals surface area contributed by atoms with Crippen molar-refractivity contribution in [2.45, 2.75) is 27.3 Å². The molecule has 1 aromatic heterocycles. The van der Waals surface area contributed by atoms with E-state index < -0.39 is 5.83 Å². The highest BCUT2D eigenvalue weighted by Crippen LogP contribution is 2.23. The van der Waals surface area contributed by atoms with Gasteiger partial charge in [-0.15, -0.1) is 0 Å². The zero-order valence-electron chi connectivity index (χ0n) is 12.2.